The van der Waals surface area contributed by atoms with Gasteiger partial charge in [-0.05, 0) is 37.5 Å². The number of aryl methyl sites for hydroxylation is 1. The first-order valence-electron chi connectivity index (χ1n) is 11.0. The number of nitrogens with zero attached hydrogens (tertiary/aromatic N) is 3. The summed E-state index contributed by atoms with van der Waals surface area (Å²) in [6, 6.07) is 10.6. The molecule has 2 aromatic rings. The van der Waals surface area contributed by atoms with E-state index in [0.29, 0.717) is 19.4 Å². The third-order valence-electron chi connectivity index (χ3n) is 6.16. The summed E-state index contributed by atoms with van der Waals surface area (Å²) < 4.78 is 27.2. The molecule has 176 valence electrons. The fourth-order valence-electron chi connectivity index (χ4n) is 3.85. The van der Waals surface area contributed by atoms with E-state index in [1.165, 1.54) is 28.1 Å². The number of carbonyl (C=O) groups is 2. The zero-order valence-corrected chi connectivity index (χ0v) is 19.6. The molecule has 1 aliphatic carbocycles. The number of hydrogen-bond donors (Lipinski definition) is 1. The van der Waals surface area contributed by atoms with Crippen LogP contribution in [0.5, 0.6) is 0 Å². The predicted molar refractivity (Wildman–Crippen MR) is 124 cm³/mol. The van der Waals surface area contributed by atoms with Crippen molar-refractivity contribution in [1.29, 1.82) is 0 Å². The maximum Gasteiger partial charge on any atom is 0.270 e. The van der Waals surface area contributed by atoms with Crippen LogP contribution in [0.3, 0.4) is 0 Å². The minimum atomic E-state index is -3.30. The Hall–Kier alpha value is -2.98. The van der Waals surface area contributed by atoms with Gasteiger partial charge in [-0.3, -0.25) is 14.4 Å². The lowest BCUT2D eigenvalue weighted by Crippen LogP contribution is -2.48. The van der Waals surface area contributed by atoms with Crippen LogP contribution in [0.4, 0.5) is 0 Å². The third kappa shape index (κ3) is 4.86. The van der Waals surface area contributed by atoms with Gasteiger partial charge in [0.25, 0.3) is 17.4 Å². The first-order chi connectivity index (χ1) is 15.7. The predicted octanol–water partition coefficient (Wildman–Crippen LogP) is 0.967. The summed E-state index contributed by atoms with van der Waals surface area (Å²) in [6.45, 7) is 3.25. The number of amides is 2. The summed E-state index contributed by atoms with van der Waals surface area (Å²) in [5.41, 5.74) is 1.73. The minimum absolute atomic E-state index is 0.0117. The number of sulfonamides is 1. The van der Waals surface area contributed by atoms with Crippen molar-refractivity contribution in [1.82, 2.24) is 19.1 Å². The van der Waals surface area contributed by atoms with Crippen LogP contribution in [0.2, 0.25) is 0 Å². The molecule has 0 spiro atoms. The lowest BCUT2D eigenvalue weighted by molar-refractivity contribution is 0.0693. The van der Waals surface area contributed by atoms with Gasteiger partial charge in [0.1, 0.15) is 11.3 Å². The van der Waals surface area contributed by atoms with E-state index in [-0.39, 0.29) is 48.6 Å². The number of pyridine rings is 1. The van der Waals surface area contributed by atoms with Crippen LogP contribution in [-0.2, 0) is 23.1 Å². The average molecular weight is 473 g/mol. The van der Waals surface area contributed by atoms with Gasteiger partial charge in [-0.1, -0.05) is 29.8 Å². The molecule has 33 heavy (non-hydrogen) atoms. The van der Waals surface area contributed by atoms with Gasteiger partial charge in [0.2, 0.25) is 10.0 Å². The van der Waals surface area contributed by atoms with Gasteiger partial charge in [0, 0.05) is 39.8 Å². The van der Waals surface area contributed by atoms with E-state index in [2.05, 4.69) is 5.32 Å². The molecule has 10 heteroatoms. The highest BCUT2D eigenvalue weighted by Gasteiger charge is 2.38. The maximum absolute atomic E-state index is 12.9. The zero-order chi connectivity index (χ0) is 23.8. The van der Waals surface area contributed by atoms with E-state index < -0.39 is 21.5 Å². The normalized spacial score (nSPS) is 16.1. The molecule has 0 radical (unpaired) electrons. The zero-order valence-electron chi connectivity index (χ0n) is 18.8. The summed E-state index contributed by atoms with van der Waals surface area (Å²) in [5.74, 6) is -0.833. The summed E-state index contributed by atoms with van der Waals surface area (Å²) in [4.78, 5) is 39.9. The van der Waals surface area contributed by atoms with Gasteiger partial charge in [0.05, 0.1) is 5.25 Å². The molecule has 1 aromatic heterocycles. The highest BCUT2D eigenvalue weighted by molar-refractivity contribution is 7.90. The van der Waals surface area contributed by atoms with Gasteiger partial charge >= 0.3 is 0 Å². The lowest BCUT2D eigenvalue weighted by atomic mass is 10.1. The van der Waals surface area contributed by atoms with Crippen LogP contribution in [0, 0.1) is 6.92 Å². The van der Waals surface area contributed by atoms with Crippen molar-refractivity contribution in [2.45, 2.75) is 38.1 Å². The molecule has 2 aliphatic rings. The summed E-state index contributed by atoms with van der Waals surface area (Å²) >= 11 is 0. The summed E-state index contributed by atoms with van der Waals surface area (Å²) in [6.07, 6.45) is 1.37. The van der Waals surface area contributed by atoms with Crippen molar-refractivity contribution >= 4 is 21.8 Å². The van der Waals surface area contributed by atoms with Crippen LogP contribution in [0.25, 0.3) is 0 Å². The molecule has 1 aromatic carbocycles. The Kier molecular flexibility index (Phi) is 6.40. The number of carbonyl (C=O) groups excluding carboxylic acids is 2. The van der Waals surface area contributed by atoms with Crippen molar-refractivity contribution in [2.24, 2.45) is 0 Å². The van der Waals surface area contributed by atoms with E-state index in [1.807, 2.05) is 31.2 Å². The fraction of sp³-hybridized carbons (Fsp3) is 0.435. The van der Waals surface area contributed by atoms with Gasteiger partial charge in [-0.2, -0.15) is 0 Å². The van der Waals surface area contributed by atoms with E-state index in [0.717, 1.165) is 11.1 Å². The Bertz CT molecular complexity index is 1230. The number of benzene rings is 1. The number of nitrogens with one attached hydrogen (secondary N) is 1. The monoisotopic (exact) mass is 472 g/mol. The quantitative estimate of drug-likeness (QED) is 0.616. The molecule has 0 bridgehead atoms. The molecule has 2 heterocycles. The summed E-state index contributed by atoms with van der Waals surface area (Å²) in [5, 5.41) is 2.46. The van der Waals surface area contributed by atoms with Crippen LogP contribution in [0.15, 0.2) is 41.2 Å². The molecular formula is C23H28N4O5S. The highest BCUT2D eigenvalue weighted by atomic mass is 32.2. The minimum Gasteiger partial charge on any atom is -0.348 e. The van der Waals surface area contributed by atoms with Crippen molar-refractivity contribution in [3.63, 3.8) is 0 Å². The topological polar surface area (TPSA) is 109 Å². The fourth-order valence-corrected chi connectivity index (χ4v) is 5.43. The Labute approximate surface area is 193 Å². The number of aromatic nitrogens is 1. The molecule has 1 aliphatic heterocycles. The van der Waals surface area contributed by atoms with Gasteiger partial charge in [0.15, 0.2) is 0 Å². The second kappa shape index (κ2) is 9.11. The van der Waals surface area contributed by atoms with Crippen molar-refractivity contribution in [3.05, 3.63) is 69.1 Å². The Morgan fingerprint density at radius 1 is 1.09 bits per heavy atom. The van der Waals surface area contributed by atoms with Crippen molar-refractivity contribution in [3.8, 4) is 0 Å². The average Bonchev–Trinajstić information content (AvgIpc) is 3.64. The smallest absolute Gasteiger partial charge is 0.270 e. The van der Waals surface area contributed by atoms with Crippen molar-refractivity contribution < 1.29 is 18.0 Å². The molecular weight excluding hydrogens is 444 g/mol. The van der Waals surface area contributed by atoms with Crippen LogP contribution in [-0.4, -0.2) is 65.9 Å². The SMILES string of the molecule is Cc1ccc(CNC(=O)c2ccc3n(c2=O)CCN(CCN(C)S(=O)(=O)C2CC2)C3=O)cc1. The Balaban J connectivity index is 1.41. The first-order valence-corrected chi connectivity index (χ1v) is 12.5. The van der Waals surface area contributed by atoms with Crippen LogP contribution >= 0.6 is 0 Å². The molecule has 4 rings (SSSR count). The highest BCUT2D eigenvalue weighted by Crippen LogP contribution is 2.30. The Morgan fingerprint density at radius 2 is 1.79 bits per heavy atom. The Morgan fingerprint density at radius 3 is 2.45 bits per heavy atom. The van der Waals surface area contributed by atoms with E-state index in [1.54, 1.807) is 4.90 Å². The number of hydrogen-bond acceptors (Lipinski definition) is 5. The molecule has 0 atom stereocenters. The van der Waals surface area contributed by atoms with Gasteiger partial charge in [-0.25, -0.2) is 12.7 Å². The molecule has 0 saturated heterocycles. The van der Waals surface area contributed by atoms with Crippen molar-refractivity contribution in [2.75, 3.05) is 26.7 Å². The second-order valence-electron chi connectivity index (χ2n) is 8.62. The molecule has 9 nitrogen and oxygen atoms in total. The molecule has 1 N–H and O–H groups in total. The first kappa shape index (κ1) is 23.2. The largest absolute Gasteiger partial charge is 0.348 e. The van der Waals surface area contributed by atoms with Crippen LogP contribution < -0.4 is 10.9 Å². The standard InChI is InChI=1S/C23H28N4O5S/c1-16-3-5-17(6-4-16)15-24-21(28)19-9-10-20-23(30)26(13-14-27(20)22(19)29)12-11-25(2)33(31,32)18-7-8-18/h3-6,9-10,18H,7-8,11-15H2,1-2H3,(H,24,28). The summed E-state index contributed by atoms with van der Waals surface area (Å²) in [7, 11) is -1.77. The van der Waals surface area contributed by atoms with Gasteiger partial charge < -0.3 is 14.8 Å². The van der Waals surface area contributed by atoms with Gasteiger partial charge in [-0.15, -0.1) is 0 Å². The molecule has 2 amide bonds. The molecule has 1 fully saturated rings. The lowest BCUT2D eigenvalue weighted by Gasteiger charge is -2.31. The van der Waals surface area contributed by atoms with E-state index in [9.17, 15) is 22.8 Å². The number of likely N-dealkylation sites (N-methyl/N-ethyl adjacent to an activating group) is 1. The van der Waals surface area contributed by atoms with E-state index in [4.69, 9.17) is 0 Å². The maximum atomic E-state index is 12.9. The number of fused-ring (bicyclic) bond motifs is 1. The van der Waals surface area contributed by atoms with E-state index >= 15 is 0 Å². The third-order valence-corrected chi connectivity index (χ3v) is 8.52. The number of rotatable bonds is 8. The second-order valence-corrected chi connectivity index (χ2v) is 10.9. The molecule has 0 unspecified atom stereocenters. The van der Waals surface area contributed by atoms with Crippen LogP contribution in [0.1, 0.15) is 44.8 Å². The molecule has 1 saturated carbocycles.